The minimum absolute atomic E-state index is 0.00946. The van der Waals surface area contributed by atoms with Crippen LogP contribution in [0.15, 0.2) is 40.4 Å². The Morgan fingerprint density at radius 3 is 2.82 bits per heavy atom. The molecule has 1 unspecified atom stereocenters. The van der Waals surface area contributed by atoms with Crippen LogP contribution in [0, 0.1) is 0 Å². The third-order valence-electron chi connectivity index (χ3n) is 4.44. The molecule has 10 heteroatoms. The molecule has 2 amide bonds. The second-order valence-corrected chi connectivity index (χ2v) is 8.96. The maximum atomic E-state index is 12.2. The van der Waals surface area contributed by atoms with Gasteiger partial charge in [0, 0.05) is 16.0 Å². The van der Waals surface area contributed by atoms with Gasteiger partial charge in [-0.15, -0.1) is 16.9 Å². The number of morpholine rings is 1. The zero-order valence-electron chi connectivity index (χ0n) is 14.9. The van der Waals surface area contributed by atoms with Crippen LogP contribution in [0.3, 0.4) is 0 Å². The number of hydrogen-bond donors (Lipinski definition) is 1. The van der Waals surface area contributed by atoms with Crippen LogP contribution in [-0.4, -0.2) is 51.8 Å². The van der Waals surface area contributed by atoms with E-state index in [1.54, 1.807) is 15.8 Å². The molecule has 2 aliphatic heterocycles. The van der Waals surface area contributed by atoms with E-state index in [0.717, 1.165) is 21.6 Å². The molecule has 2 aromatic rings. The van der Waals surface area contributed by atoms with Crippen molar-refractivity contribution in [2.75, 3.05) is 24.7 Å². The van der Waals surface area contributed by atoms with Gasteiger partial charge < -0.3 is 15.0 Å². The summed E-state index contributed by atoms with van der Waals surface area (Å²) in [6, 6.07) is 7.52. The van der Waals surface area contributed by atoms with Crippen molar-refractivity contribution in [3.8, 4) is 5.69 Å². The van der Waals surface area contributed by atoms with Gasteiger partial charge in [0.25, 0.3) is 5.91 Å². The lowest BCUT2D eigenvalue weighted by Gasteiger charge is -2.26. The number of aromatic nitrogens is 3. The number of nitrogens with one attached hydrogen (secondary N) is 1. The Balaban J connectivity index is 1.36. The summed E-state index contributed by atoms with van der Waals surface area (Å²) in [4.78, 5) is 25.8. The van der Waals surface area contributed by atoms with E-state index in [4.69, 9.17) is 4.74 Å². The van der Waals surface area contributed by atoms with Gasteiger partial charge >= 0.3 is 0 Å². The SMILES string of the molecule is O=C(NCc1cn(-c2ccc(N3CCOCC3=O)cc2)nn1)C1CC=C(Br)S1. The summed E-state index contributed by atoms with van der Waals surface area (Å²) in [6.07, 6.45) is 4.51. The first-order valence-electron chi connectivity index (χ1n) is 8.80. The monoisotopic (exact) mass is 463 g/mol. The highest BCUT2D eigenvalue weighted by Crippen LogP contribution is 2.36. The number of rotatable bonds is 5. The van der Waals surface area contributed by atoms with Gasteiger partial charge in [-0.05, 0) is 46.6 Å². The lowest BCUT2D eigenvalue weighted by atomic mass is 10.2. The summed E-state index contributed by atoms with van der Waals surface area (Å²) < 4.78 is 7.81. The number of anilines is 1. The average molecular weight is 464 g/mol. The standard InChI is InChI=1S/C18H18BrN5O3S/c19-16-6-5-15(28-16)18(26)20-9-12-10-24(22-21-12)14-3-1-13(2-4-14)23-7-8-27-11-17(23)25/h1-4,6,10,15H,5,7-9,11H2,(H,20,26). The minimum atomic E-state index is -0.0974. The van der Waals surface area contributed by atoms with Crippen molar-refractivity contribution in [1.29, 1.82) is 0 Å². The summed E-state index contributed by atoms with van der Waals surface area (Å²) in [5, 5.41) is 11.0. The van der Waals surface area contributed by atoms with Crippen LogP contribution in [0.1, 0.15) is 12.1 Å². The molecular weight excluding hydrogens is 446 g/mol. The van der Waals surface area contributed by atoms with Gasteiger partial charge in [0.05, 0.1) is 30.3 Å². The third-order valence-corrected chi connectivity index (χ3v) is 6.40. The Morgan fingerprint density at radius 2 is 2.11 bits per heavy atom. The third kappa shape index (κ3) is 4.29. The number of ether oxygens (including phenoxy) is 1. The number of allylic oxidation sites excluding steroid dienone is 1. The van der Waals surface area contributed by atoms with Crippen LogP contribution in [0.5, 0.6) is 0 Å². The number of carbonyl (C=O) groups is 2. The Kier molecular flexibility index (Phi) is 5.79. The largest absolute Gasteiger partial charge is 0.370 e. The van der Waals surface area contributed by atoms with Crippen molar-refractivity contribution in [2.24, 2.45) is 0 Å². The first kappa shape index (κ1) is 19.2. The van der Waals surface area contributed by atoms with E-state index in [-0.39, 0.29) is 23.7 Å². The van der Waals surface area contributed by atoms with Gasteiger partial charge in [-0.1, -0.05) is 11.3 Å². The van der Waals surface area contributed by atoms with E-state index in [1.165, 1.54) is 11.8 Å². The van der Waals surface area contributed by atoms with Crippen LogP contribution in [0.25, 0.3) is 5.69 Å². The summed E-state index contributed by atoms with van der Waals surface area (Å²) in [5.41, 5.74) is 2.34. The van der Waals surface area contributed by atoms with Crippen molar-refractivity contribution in [1.82, 2.24) is 20.3 Å². The Bertz CT molecular complexity index is 914. The van der Waals surface area contributed by atoms with Gasteiger partial charge in [0.1, 0.15) is 12.3 Å². The first-order chi connectivity index (χ1) is 13.6. The lowest BCUT2D eigenvalue weighted by molar-refractivity contribution is -0.125. The summed E-state index contributed by atoms with van der Waals surface area (Å²) >= 11 is 4.91. The molecule has 1 atom stereocenters. The molecule has 3 heterocycles. The van der Waals surface area contributed by atoms with Crippen LogP contribution < -0.4 is 10.2 Å². The molecule has 8 nitrogen and oxygen atoms in total. The highest BCUT2D eigenvalue weighted by Gasteiger charge is 2.24. The summed E-state index contributed by atoms with van der Waals surface area (Å²) in [7, 11) is 0. The normalized spacial score (nSPS) is 19.6. The number of halogens is 1. The number of nitrogens with zero attached hydrogens (tertiary/aromatic N) is 4. The highest BCUT2D eigenvalue weighted by atomic mass is 79.9. The maximum absolute atomic E-state index is 12.2. The van der Waals surface area contributed by atoms with E-state index < -0.39 is 0 Å². The fourth-order valence-corrected chi connectivity index (χ4v) is 4.68. The molecule has 1 aromatic heterocycles. The second-order valence-electron chi connectivity index (χ2n) is 6.34. The van der Waals surface area contributed by atoms with Gasteiger partial charge in [0.15, 0.2) is 0 Å². The summed E-state index contributed by atoms with van der Waals surface area (Å²) in [6.45, 7) is 1.54. The van der Waals surface area contributed by atoms with Crippen molar-refractivity contribution in [2.45, 2.75) is 18.2 Å². The molecule has 0 saturated carbocycles. The molecule has 4 rings (SSSR count). The molecule has 0 bridgehead atoms. The molecule has 1 N–H and O–H groups in total. The predicted molar refractivity (Wildman–Crippen MR) is 109 cm³/mol. The second kappa shape index (κ2) is 8.46. The predicted octanol–water partition coefficient (Wildman–Crippen LogP) is 1.99. The molecule has 0 spiro atoms. The van der Waals surface area contributed by atoms with E-state index in [9.17, 15) is 9.59 Å². The number of hydrogen-bond acceptors (Lipinski definition) is 6. The Labute approximate surface area is 174 Å². The number of thioether (sulfide) groups is 1. The van der Waals surface area contributed by atoms with Crippen LogP contribution in [0.4, 0.5) is 5.69 Å². The highest BCUT2D eigenvalue weighted by molar-refractivity contribution is 9.14. The Morgan fingerprint density at radius 1 is 1.32 bits per heavy atom. The summed E-state index contributed by atoms with van der Waals surface area (Å²) in [5.74, 6) is -0.0507. The smallest absolute Gasteiger partial charge is 0.253 e. The first-order valence-corrected chi connectivity index (χ1v) is 10.5. The molecule has 1 aromatic carbocycles. The zero-order chi connectivity index (χ0) is 19.5. The molecule has 1 saturated heterocycles. The van der Waals surface area contributed by atoms with Gasteiger partial charge in [-0.25, -0.2) is 4.68 Å². The van der Waals surface area contributed by atoms with E-state index >= 15 is 0 Å². The maximum Gasteiger partial charge on any atom is 0.253 e. The number of carbonyl (C=O) groups excluding carboxylic acids is 2. The van der Waals surface area contributed by atoms with Gasteiger partial charge in [0.2, 0.25) is 5.91 Å². The topological polar surface area (TPSA) is 89.4 Å². The fraction of sp³-hybridized carbons (Fsp3) is 0.333. The van der Waals surface area contributed by atoms with E-state index in [1.807, 2.05) is 30.3 Å². The number of benzene rings is 1. The Hall–Kier alpha value is -2.17. The van der Waals surface area contributed by atoms with Crippen LogP contribution in [0.2, 0.25) is 0 Å². The molecule has 28 heavy (non-hydrogen) atoms. The van der Waals surface area contributed by atoms with Crippen molar-refractivity contribution in [3.05, 3.63) is 46.0 Å². The molecule has 1 fully saturated rings. The van der Waals surface area contributed by atoms with Gasteiger partial charge in [-0.3, -0.25) is 9.59 Å². The molecule has 0 radical (unpaired) electrons. The lowest BCUT2D eigenvalue weighted by Crippen LogP contribution is -2.41. The molecule has 146 valence electrons. The average Bonchev–Trinajstić information content (AvgIpc) is 3.36. The van der Waals surface area contributed by atoms with Crippen molar-refractivity contribution >= 4 is 45.2 Å². The van der Waals surface area contributed by atoms with Crippen molar-refractivity contribution in [3.63, 3.8) is 0 Å². The van der Waals surface area contributed by atoms with Crippen molar-refractivity contribution < 1.29 is 14.3 Å². The van der Waals surface area contributed by atoms with Gasteiger partial charge in [-0.2, -0.15) is 0 Å². The van der Waals surface area contributed by atoms with Crippen LogP contribution in [-0.2, 0) is 20.9 Å². The zero-order valence-corrected chi connectivity index (χ0v) is 17.3. The molecular formula is C18H18BrN5O3S. The minimum Gasteiger partial charge on any atom is -0.370 e. The molecule has 2 aliphatic rings. The van der Waals surface area contributed by atoms with E-state index in [0.29, 0.717) is 25.4 Å². The molecule has 0 aliphatic carbocycles. The van der Waals surface area contributed by atoms with E-state index in [2.05, 4.69) is 31.6 Å². The quantitative estimate of drug-likeness (QED) is 0.728. The number of amides is 2. The van der Waals surface area contributed by atoms with Crippen LogP contribution >= 0.6 is 27.7 Å². The fourth-order valence-electron chi connectivity index (χ4n) is 2.97.